The van der Waals surface area contributed by atoms with E-state index in [4.69, 9.17) is 0 Å². The molecular weight excluding hydrogens is 354 g/mol. The van der Waals surface area contributed by atoms with E-state index in [2.05, 4.69) is 79.6 Å². The topological polar surface area (TPSA) is 28.2 Å². The van der Waals surface area contributed by atoms with Gasteiger partial charge in [-0.2, -0.15) is 0 Å². The van der Waals surface area contributed by atoms with Gasteiger partial charge in [0.05, 0.1) is 17.6 Å². The molecule has 1 aromatic carbocycles. The minimum absolute atomic E-state index is 0.773. The van der Waals surface area contributed by atoms with Gasteiger partial charge in [0.15, 0.2) is 0 Å². The van der Waals surface area contributed by atoms with Crippen LogP contribution < -0.4 is 10.2 Å². The molecule has 0 spiro atoms. The average Bonchev–Trinajstić information content (AvgIpc) is 3.55. The Morgan fingerprint density at radius 2 is 1.93 bits per heavy atom. The highest BCUT2D eigenvalue weighted by atomic mass is 15.1. The summed E-state index contributed by atoms with van der Waals surface area (Å²) in [7, 11) is 2.08. The molecule has 3 heteroatoms. The van der Waals surface area contributed by atoms with Gasteiger partial charge in [0.25, 0.3) is 0 Å². The van der Waals surface area contributed by atoms with Crippen LogP contribution in [-0.2, 0) is 0 Å². The molecule has 1 saturated carbocycles. The number of nitrogens with zero attached hydrogens (tertiary/aromatic N) is 2. The zero-order valence-corrected chi connectivity index (χ0v) is 18.0. The van der Waals surface area contributed by atoms with Crippen LogP contribution in [0, 0.1) is 6.92 Å². The average molecular weight is 386 g/mol. The maximum absolute atomic E-state index is 4.52. The molecule has 1 N–H and O–H groups in total. The molecular formula is C26H31N3. The Hall–Kier alpha value is -3.07. The molecule has 150 valence electrons. The van der Waals surface area contributed by atoms with E-state index in [1.807, 2.05) is 31.3 Å². The van der Waals surface area contributed by atoms with E-state index in [0.717, 1.165) is 45.5 Å². The fourth-order valence-electron chi connectivity index (χ4n) is 3.48. The third-order valence-electron chi connectivity index (χ3n) is 5.49. The highest BCUT2D eigenvalue weighted by Crippen LogP contribution is 2.40. The van der Waals surface area contributed by atoms with Gasteiger partial charge in [-0.3, -0.25) is 4.98 Å². The van der Waals surface area contributed by atoms with E-state index < -0.39 is 0 Å². The van der Waals surface area contributed by atoms with Gasteiger partial charge in [0.1, 0.15) is 0 Å². The SMILES string of the molecule is C=C/C(C(=C)Nc1cnc(/C=C/C)c(C)c1)=C(/C)N(C)c1ccc(C2CC2)cc1. The number of aryl methyl sites for hydroxylation is 1. The van der Waals surface area contributed by atoms with E-state index in [1.165, 1.54) is 18.4 Å². The first-order valence-corrected chi connectivity index (χ1v) is 10.2. The van der Waals surface area contributed by atoms with Crippen molar-refractivity contribution >= 4 is 17.5 Å². The maximum atomic E-state index is 4.52. The number of allylic oxidation sites excluding steroid dienone is 3. The van der Waals surface area contributed by atoms with E-state index in [0.29, 0.717) is 0 Å². The number of aromatic nitrogens is 1. The molecule has 1 fully saturated rings. The Kier molecular flexibility index (Phi) is 6.38. The third kappa shape index (κ3) is 4.86. The lowest BCUT2D eigenvalue weighted by Crippen LogP contribution is -2.17. The molecule has 0 amide bonds. The molecule has 29 heavy (non-hydrogen) atoms. The lowest BCUT2D eigenvalue weighted by Gasteiger charge is -2.24. The molecule has 0 atom stereocenters. The summed E-state index contributed by atoms with van der Waals surface area (Å²) in [4.78, 5) is 6.70. The second kappa shape index (κ2) is 8.95. The first-order chi connectivity index (χ1) is 13.9. The number of benzene rings is 1. The number of anilines is 2. The molecule has 0 aliphatic heterocycles. The lowest BCUT2D eigenvalue weighted by molar-refractivity contribution is 1.06. The van der Waals surface area contributed by atoms with Crippen molar-refractivity contribution in [2.24, 2.45) is 0 Å². The van der Waals surface area contributed by atoms with Crippen LogP contribution >= 0.6 is 0 Å². The fourth-order valence-corrected chi connectivity index (χ4v) is 3.48. The van der Waals surface area contributed by atoms with Crippen LogP contribution in [0.15, 0.2) is 78.8 Å². The summed E-state index contributed by atoms with van der Waals surface area (Å²) in [6.07, 6.45) is 10.3. The van der Waals surface area contributed by atoms with Gasteiger partial charge >= 0.3 is 0 Å². The minimum Gasteiger partial charge on any atom is -0.354 e. The van der Waals surface area contributed by atoms with Crippen molar-refractivity contribution in [3.63, 3.8) is 0 Å². The van der Waals surface area contributed by atoms with Crippen molar-refractivity contribution in [3.05, 3.63) is 95.6 Å². The summed E-state index contributed by atoms with van der Waals surface area (Å²) in [5.74, 6) is 0.773. The Morgan fingerprint density at radius 3 is 2.48 bits per heavy atom. The second-order valence-corrected chi connectivity index (χ2v) is 7.66. The molecule has 1 aliphatic carbocycles. The van der Waals surface area contributed by atoms with Crippen molar-refractivity contribution in [2.45, 2.75) is 39.5 Å². The van der Waals surface area contributed by atoms with Gasteiger partial charge < -0.3 is 10.2 Å². The first-order valence-electron chi connectivity index (χ1n) is 10.2. The van der Waals surface area contributed by atoms with Crippen molar-refractivity contribution in [1.82, 2.24) is 4.98 Å². The predicted molar refractivity (Wildman–Crippen MR) is 126 cm³/mol. The van der Waals surface area contributed by atoms with Gasteiger partial charge in [-0.1, -0.05) is 37.4 Å². The van der Waals surface area contributed by atoms with Gasteiger partial charge in [0, 0.05) is 29.7 Å². The summed E-state index contributed by atoms with van der Waals surface area (Å²) in [5.41, 5.74) is 8.50. The molecule has 0 saturated heterocycles. The van der Waals surface area contributed by atoms with E-state index in [1.54, 1.807) is 0 Å². The van der Waals surface area contributed by atoms with Crippen molar-refractivity contribution in [3.8, 4) is 0 Å². The molecule has 0 unspecified atom stereocenters. The standard InChI is InChI=1S/C26H31N3/c1-7-9-26-18(3)16-23(17-27-26)28-19(4)25(8-2)20(5)29(6)24-14-12-22(13-15-24)21-10-11-21/h7-9,12-17,21,28H,2,4,10-11H2,1,3,5-6H3/b9-7+,25-20+. The van der Waals surface area contributed by atoms with Crippen molar-refractivity contribution in [1.29, 1.82) is 0 Å². The summed E-state index contributed by atoms with van der Waals surface area (Å²) in [6, 6.07) is 11.0. The van der Waals surface area contributed by atoms with Crippen LogP contribution in [0.25, 0.3) is 6.08 Å². The molecule has 0 bridgehead atoms. The Balaban J connectivity index is 1.78. The molecule has 1 heterocycles. The molecule has 1 aliphatic rings. The predicted octanol–water partition coefficient (Wildman–Crippen LogP) is 6.82. The van der Waals surface area contributed by atoms with Gasteiger partial charge in [-0.05, 0) is 74.9 Å². The van der Waals surface area contributed by atoms with Crippen LogP contribution in [0.5, 0.6) is 0 Å². The normalized spacial score (nSPS) is 14.5. The van der Waals surface area contributed by atoms with Crippen LogP contribution in [0.2, 0.25) is 0 Å². The minimum atomic E-state index is 0.773. The maximum Gasteiger partial charge on any atom is 0.0657 e. The quantitative estimate of drug-likeness (QED) is 0.505. The molecule has 2 aromatic rings. The van der Waals surface area contributed by atoms with Crippen LogP contribution in [0.1, 0.15) is 49.4 Å². The molecule has 3 rings (SSSR count). The molecule has 0 radical (unpaired) electrons. The Labute approximate surface area is 175 Å². The second-order valence-electron chi connectivity index (χ2n) is 7.66. The summed E-state index contributed by atoms with van der Waals surface area (Å²) >= 11 is 0. The van der Waals surface area contributed by atoms with Gasteiger partial charge in [-0.25, -0.2) is 0 Å². The largest absolute Gasteiger partial charge is 0.354 e. The molecule has 1 aromatic heterocycles. The zero-order valence-electron chi connectivity index (χ0n) is 18.0. The van der Waals surface area contributed by atoms with Gasteiger partial charge in [0.2, 0.25) is 0 Å². The van der Waals surface area contributed by atoms with Crippen LogP contribution in [-0.4, -0.2) is 12.0 Å². The highest BCUT2D eigenvalue weighted by Gasteiger charge is 2.23. The zero-order chi connectivity index (χ0) is 21.0. The smallest absolute Gasteiger partial charge is 0.0657 e. The summed E-state index contributed by atoms with van der Waals surface area (Å²) < 4.78 is 0. The van der Waals surface area contributed by atoms with E-state index in [-0.39, 0.29) is 0 Å². The third-order valence-corrected chi connectivity index (χ3v) is 5.49. The number of hydrogen-bond acceptors (Lipinski definition) is 3. The summed E-state index contributed by atoms with van der Waals surface area (Å²) in [6.45, 7) is 14.4. The van der Waals surface area contributed by atoms with Crippen LogP contribution in [0.4, 0.5) is 11.4 Å². The molecule has 3 nitrogen and oxygen atoms in total. The number of hydrogen-bond donors (Lipinski definition) is 1. The first kappa shape index (κ1) is 20.7. The number of nitrogens with one attached hydrogen (secondary N) is 1. The fraction of sp³-hybridized carbons (Fsp3) is 0.269. The highest BCUT2D eigenvalue weighted by molar-refractivity contribution is 5.62. The van der Waals surface area contributed by atoms with Gasteiger partial charge in [-0.15, -0.1) is 0 Å². The Morgan fingerprint density at radius 1 is 1.24 bits per heavy atom. The summed E-state index contributed by atoms with van der Waals surface area (Å²) in [5, 5.41) is 3.39. The van der Waals surface area contributed by atoms with E-state index >= 15 is 0 Å². The monoisotopic (exact) mass is 385 g/mol. The number of pyridine rings is 1. The lowest BCUT2D eigenvalue weighted by atomic mass is 10.1. The number of rotatable bonds is 8. The van der Waals surface area contributed by atoms with E-state index in [9.17, 15) is 0 Å². The van der Waals surface area contributed by atoms with Crippen LogP contribution in [0.3, 0.4) is 0 Å². The van der Waals surface area contributed by atoms with Crippen molar-refractivity contribution < 1.29 is 0 Å². The Bertz CT molecular complexity index is 960. The van der Waals surface area contributed by atoms with Crippen molar-refractivity contribution in [2.75, 3.05) is 17.3 Å².